The molecule has 3 aliphatic heterocycles. The maximum absolute atomic E-state index is 13.9. The minimum absolute atomic E-state index is 0.0401. The zero-order valence-electron chi connectivity index (χ0n) is 29.1. The third-order valence-corrected chi connectivity index (χ3v) is 12.2. The van der Waals surface area contributed by atoms with E-state index in [1.807, 2.05) is 43.3 Å². The van der Waals surface area contributed by atoms with Crippen LogP contribution >= 0.6 is 0 Å². The van der Waals surface area contributed by atoms with Crippen molar-refractivity contribution in [3.05, 3.63) is 47.5 Å². The van der Waals surface area contributed by atoms with Crippen LogP contribution in [0.25, 0.3) is 0 Å². The van der Waals surface area contributed by atoms with Gasteiger partial charge in [-0.2, -0.15) is 5.26 Å². The maximum atomic E-state index is 13.9. The molecule has 3 saturated carbocycles. The van der Waals surface area contributed by atoms with Crippen LogP contribution in [0.5, 0.6) is 0 Å². The molecule has 260 valence electrons. The van der Waals surface area contributed by atoms with E-state index in [0.29, 0.717) is 37.6 Å². The highest BCUT2D eigenvalue weighted by molar-refractivity contribution is 6.47. The normalized spacial score (nSPS) is 33.1. The number of halogens is 2. The average Bonchev–Trinajstić information content (AvgIpc) is 3.72. The van der Waals surface area contributed by atoms with Crippen molar-refractivity contribution >= 4 is 19.1 Å². The summed E-state index contributed by atoms with van der Waals surface area (Å²) in [5, 5.41) is 13.0. The molecule has 1 N–H and O–H groups in total. The first-order valence-electron chi connectivity index (χ1n) is 17.4. The van der Waals surface area contributed by atoms with E-state index in [1.165, 1.54) is 6.08 Å². The van der Waals surface area contributed by atoms with Crippen molar-refractivity contribution in [2.75, 3.05) is 26.2 Å². The molecule has 0 aromatic heterocycles. The number of ether oxygens (including phenoxy) is 1. The minimum atomic E-state index is -2.79. The number of benzene rings is 1. The number of hydrogen-bond donors (Lipinski definition) is 1. The molecule has 0 unspecified atom stereocenters. The molecular formula is C36H49BF2N4O5. The quantitative estimate of drug-likeness (QED) is 0.210. The van der Waals surface area contributed by atoms with Gasteiger partial charge in [-0.3, -0.25) is 9.69 Å². The second kappa shape index (κ2) is 12.4. The lowest BCUT2D eigenvalue weighted by Crippen LogP contribution is -2.65. The first-order chi connectivity index (χ1) is 22.5. The van der Waals surface area contributed by atoms with Gasteiger partial charge in [0.15, 0.2) is 0 Å². The third-order valence-electron chi connectivity index (χ3n) is 12.2. The molecule has 1 aromatic rings. The van der Waals surface area contributed by atoms with Crippen molar-refractivity contribution in [1.29, 1.82) is 5.26 Å². The number of carbonyl (C=O) groups is 2. The van der Waals surface area contributed by atoms with Crippen molar-refractivity contribution in [3.63, 3.8) is 0 Å². The Bertz CT molecular complexity index is 1480. The van der Waals surface area contributed by atoms with Gasteiger partial charge >= 0.3 is 13.2 Å². The zero-order valence-corrected chi connectivity index (χ0v) is 29.1. The number of nitrogens with one attached hydrogen (secondary N) is 1. The largest absolute Gasteiger partial charge is 0.482 e. The first kappa shape index (κ1) is 34.8. The number of nitrogens with zero attached hydrogens (tertiary/aromatic N) is 3. The topological polar surface area (TPSA) is 104 Å². The molecule has 0 radical (unpaired) electrons. The summed E-state index contributed by atoms with van der Waals surface area (Å²) in [4.78, 5) is 30.3. The Balaban J connectivity index is 1.12. The lowest BCUT2D eigenvalue weighted by Gasteiger charge is -2.64. The van der Waals surface area contributed by atoms with Crippen LogP contribution in [-0.4, -0.2) is 89.8 Å². The van der Waals surface area contributed by atoms with Gasteiger partial charge in [0, 0.05) is 25.0 Å². The number of likely N-dealkylation sites (tertiary alicyclic amines) is 2. The molecule has 3 heterocycles. The maximum Gasteiger partial charge on any atom is 0.482 e. The second-order valence-electron chi connectivity index (χ2n) is 16.3. The number of hydrogen-bond acceptors (Lipinski definition) is 7. The van der Waals surface area contributed by atoms with Gasteiger partial charge < -0.3 is 24.3 Å². The average molecular weight is 667 g/mol. The van der Waals surface area contributed by atoms with E-state index < -0.39 is 54.2 Å². The van der Waals surface area contributed by atoms with Crippen molar-refractivity contribution in [2.45, 2.75) is 115 Å². The van der Waals surface area contributed by atoms with Crippen molar-refractivity contribution in [1.82, 2.24) is 15.1 Å². The predicted molar refractivity (Wildman–Crippen MR) is 177 cm³/mol. The summed E-state index contributed by atoms with van der Waals surface area (Å²) in [7, 11) is -0.648. The van der Waals surface area contributed by atoms with Crippen LogP contribution in [0.1, 0.15) is 79.2 Å². The summed E-state index contributed by atoms with van der Waals surface area (Å²) >= 11 is 0. The Labute approximate surface area is 283 Å². The van der Waals surface area contributed by atoms with Crippen LogP contribution < -0.4 is 5.32 Å². The summed E-state index contributed by atoms with van der Waals surface area (Å²) < 4.78 is 47.0. The molecular weight excluding hydrogens is 617 g/mol. The van der Waals surface area contributed by atoms with Crippen molar-refractivity contribution in [3.8, 4) is 6.07 Å². The molecule has 3 aliphatic carbocycles. The molecule has 6 aliphatic rings. The summed E-state index contributed by atoms with van der Waals surface area (Å²) in [5.41, 5.74) is -1.10. The fourth-order valence-corrected chi connectivity index (χ4v) is 9.05. The highest BCUT2D eigenvalue weighted by atomic mass is 19.3. The summed E-state index contributed by atoms with van der Waals surface area (Å²) in [6.45, 7) is 12.1. The molecule has 6 fully saturated rings. The van der Waals surface area contributed by atoms with E-state index in [1.54, 1.807) is 23.6 Å². The molecule has 2 bridgehead atoms. The van der Waals surface area contributed by atoms with Gasteiger partial charge in [-0.1, -0.05) is 44.2 Å². The molecule has 2 amide bonds. The lowest BCUT2D eigenvalue weighted by molar-refractivity contribution is -0.199. The Kier molecular flexibility index (Phi) is 9.00. The Morgan fingerprint density at radius 3 is 2.54 bits per heavy atom. The van der Waals surface area contributed by atoms with E-state index >= 15 is 0 Å². The summed E-state index contributed by atoms with van der Waals surface area (Å²) in [6, 6.07) is 11.9. The van der Waals surface area contributed by atoms with Gasteiger partial charge in [0.05, 0.1) is 29.7 Å². The monoisotopic (exact) mass is 666 g/mol. The molecule has 12 heteroatoms. The molecule has 1 aromatic carbocycles. The van der Waals surface area contributed by atoms with Crippen LogP contribution in [0.15, 0.2) is 42.0 Å². The minimum Gasteiger partial charge on any atom is -0.447 e. The fourth-order valence-electron chi connectivity index (χ4n) is 9.05. The number of carbonyl (C=O) groups excluding carboxylic acids is 2. The SMILES string of the molecule is CC1(C)[C@@H]2C[C@H]3OB([C@H](Cc4ccccc4)NC(=O)OC[C@@]4(C)CCCN4C(=O)C(C#N)=CC(C)(C)N4CCC(F)(F)C4)O[C@@]3(C)[C@H]1C2. The molecule has 7 rings (SSSR count). The van der Waals surface area contributed by atoms with Gasteiger partial charge in [0.1, 0.15) is 18.2 Å². The highest BCUT2D eigenvalue weighted by Crippen LogP contribution is 2.65. The zero-order chi connectivity index (χ0) is 34.7. The predicted octanol–water partition coefficient (Wildman–Crippen LogP) is 5.54. The number of rotatable bonds is 9. The van der Waals surface area contributed by atoms with Crippen molar-refractivity contribution in [2.24, 2.45) is 17.3 Å². The Hall–Kier alpha value is -3.01. The van der Waals surface area contributed by atoms with Crippen LogP contribution in [-0.2, 0) is 25.3 Å². The first-order valence-corrected chi connectivity index (χ1v) is 17.4. The van der Waals surface area contributed by atoms with Crippen LogP contribution in [0, 0.1) is 28.6 Å². The molecule has 0 spiro atoms. The molecule has 48 heavy (non-hydrogen) atoms. The van der Waals surface area contributed by atoms with E-state index in [0.717, 1.165) is 18.4 Å². The Morgan fingerprint density at radius 1 is 1.17 bits per heavy atom. The van der Waals surface area contributed by atoms with Crippen LogP contribution in [0.4, 0.5) is 13.6 Å². The molecule has 6 atom stereocenters. The van der Waals surface area contributed by atoms with E-state index in [2.05, 4.69) is 26.1 Å². The summed E-state index contributed by atoms with van der Waals surface area (Å²) in [6.07, 6.45) is 4.34. The van der Waals surface area contributed by atoms with Gasteiger partial charge in [0.2, 0.25) is 0 Å². The number of alkyl carbamates (subject to hydrolysis) is 1. The van der Waals surface area contributed by atoms with E-state index in [-0.39, 0.29) is 36.7 Å². The van der Waals surface area contributed by atoms with Gasteiger partial charge in [0.25, 0.3) is 11.8 Å². The molecule has 9 nitrogen and oxygen atoms in total. The second-order valence-corrected chi connectivity index (χ2v) is 16.3. The number of amides is 2. The van der Waals surface area contributed by atoms with E-state index in [9.17, 15) is 23.6 Å². The lowest BCUT2D eigenvalue weighted by atomic mass is 9.43. The molecule has 3 saturated heterocycles. The van der Waals surface area contributed by atoms with Crippen LogP contribution in [0.3, 0.4) is 0 Å². The van der Waals surface area contributed by atoms with Gasteiger partial charge in [-0.05, 0) is 88.7 Å². The van der Waals surface area contributed by atoms with Crippen LogP contribution in [0.2, 0.25) is 0 Å². The van der Waals surface area contributed by atoms with Gasteiger partial charge in [-0.15, -0.1) is 0 Å². The number of nitriles is 1. The smallest absolute Gasteiger partial charge is 0.447 e. The van der Waals surface area contributed by atoms with Crippen molar-refractivity contribution < 1.29 is 32.4 Å². The third kappa shape index (κ3) is 6.38. The fraction of sp³-hybridized carbons (Fsp3) is 0.694. The Morgan fingerprint density at radius 2 is 1.90 bits per heavy atom. The standard InChI is InChI=1S/C36H49BF2N4O5/c1-32(2,42-16-14-36(38,39)22-42)20-25(21-40)30(44)43-15-10-13-34(43,5)23-46-31(45)41-29(17-24-11-8-7-9-12-24)37-47-28-19-26-18-27(33(26,3)4)35(28,6)48-37/h7-9,11-12,20,26-29H,10,13-19,22-23H2,1-6H3,(H,41,45)/t26-,27-,28+,29-,34+,35-/m0/s1. The highest BCUT2D eigenvalue weighted by Gasteiger charge is 2.68. The van der Waals surface area contributed by atoms with E-state index in [4.69, 9.17) is 14.0 Å². The van der Waals surface area contributed by atoms with Gasteiger partial charge in [-0.25, -0.2) is 13.6 Å². The number of alkyl halides is 2. The summed E-state index contributed by atoms with van der Waals surface area (Å²) in [5.74, 6) is -2.82.